The average Bonchev–Trinajstić information content (AvgIpc) is 3.73. The molecule has 0 spiro atoms. The third-order valence-corrected chi connectivity index (χ3v) is 17.4. The second kappa shape index (κ2) is 20.0. The standard InChI is InChI=1S/C56H80N4O2P2/c1-34(2)44-23-19-24-45(35(3)4)53(44)57-31-32-58(54-46(36(5)6)25-20-26-47(54)37(7)8)52(57)33-63-62-64(61)59(55-48(38(9)10)27-21-28-49(55)39(11)12)42(17)43(18)60(64)56-50(40(13)14)29-22-30-51(56)41(15)16/h19-30,34-43H,31-32H2,1-18H3. The van der Waals surface area contributed by atoms with Crippen molar-refractivity contribution < 1.29 is 8.88 Å². The first kappa shape index (κ1) is 49.6. The van der Waals surface area contributed by atoms with E-state index in [1.165, 1.54) is 55.9 Å². The topological polar surface area (TPSA) is 39.3 Å². The van der Waals surface area contributed by atoms with Gasteiger partial charge in [-0.25, -0.2) is 8.88 Å². The van der Waals surface area contributed by atoms with Gasteiger partial charge in [-0.3, -0.25) is 9.34 Å². The zero-order valence-corrected chi connectivity index (χ0v) is 44.4. The summed E-state index contributed by atoms with van der Waals surface area (Å²) in [6, 6.07) is 26.7. The average molecular weight is 903 g/mol. The van der Waals surface area contributed by atoms with Crippen molar-refractivity contribution in [3.63, 3.8) is 0 Å². The van der Waals surface area contributed by atoms with Crippen LogP contribution in [0.3, 0.4) is 0 Å². The van der Waals surface area contributed by atoms with E-state index in [9.17, 15) is 0 Å². The molecule has 2 unspecified atom stereocenters. The molecular formula is C56H80N4O2P2. The highest BCUT2D eigenvalue weighted by molar-refractivity contribution is 7.67. The van der Waals surface area contributed by atoms with Crippen LogP contribution in [0, 0.1) is 0 Å². The van der Waals surface area contributed by atoms with Crippen LogP contribution >= 0.6 is 16.1 Å². The second-order valence-electron chi connectivity index (χ2n) is 21.0. The van der Waals surface area contributed by atoms with Crippen LogP contribution in [0.2, 0.25) is 0 Å². The largest absolute Gasteiger partial charge is 0.406 e. The van der Waals surface area contributed by atoms with Gasteiger partial charge in [0.2, 0.25) is 0 Å². The Kier molecular flexibility index (Phi) is 15.5. The molecule has 2 fully saturated rings. The Morgan fingerprint density at radius 2 is 0.688 bits per heavy atom. The van der Waals surface area contributed by atoms with E-state index in [0.717, 1.165) is 30.3 Å². The highest BCUT2D eigenvalue weighted by Gasteiger charge is 2.56. The highest BCUT2D eigenvalue weighted by Crippen LogP contribution is 2.69. The molecule has 2 saturated heterocycles. The minimum atomic E-state index is -3.91. The number of benzene rings is 4. The minimum Gasteiger partial charge on any atom is -0.318 e. The summed E-state index contributed by atoms with van der Waals surface area (Å²) < 4.78 is 29.0. The van der Waals surface area contributed by atoms with Crippen molar-refractivity contribution in [2.24, 2.45) is 0 Å². The Morgan fingerprint density at radius 1 is 0.453 bits per heavy atom. The molecule has 4 aromatic carbocycles. The predicted octanol–water partition coefficient (Wildman–Crippen LogP) is 17.0. The van der Waals surface area contributed by atoms with E-state index in [1.807, 2.05) is 0 Å². The number of hydrogen-bond donors (Lipinski definition) is 0. The molecule has 0 aromatic heterocycles. The zero-order valence-electron chi connectivity index (χ0n) is 42.6. The van der Waals surface area contributed by atoms with E-state index >= 15 is 4.57 Å². The van der Waals surface area contributed by atoms with Crippen LogP contribution in [-0.2, 0) is 8.88 Å². The smallest absolute Gasteiger partial charge is 0.318 e. The molecule has 64 heavy (non-hydrogen) atoms. The Bertz CT molecular complexity index is 2150. The van der Waals surface area contributed by atoms with E-state index in [2.05, 4.69) is 222 Å². The van der Waals surface area contributed by atoms with Crippen LogP contribution in [0.1, 0.15) is 216 Å². The van der Waals surface area contributed by atoms with Crippen LogP contribution in [0.15, 0.2) is 78.6 Å². The summed E-state index contributed by atoms with van der Waals surface area (Å²) in [6.45, 7) is 42.5. The fraction of sp³-hybridized carbons (Fsp3) is 0.536. The summed E-state index contributed by atoms with van der Waals surface area (Å²) >= 11 is 0. The lowest BCUT2D eigenvalue weighted by atomic mass is 9.91. The molecule has 0 aliphatic carbocycles. The second-order valence-corrected chi connectivity index (χ2v) is 23.9. The van der Waals surface area contributed by atoms with Gasteiger partial charge in [-0.1, -0.05) is 184 Å². The number of anilines is 4. The van der Waals surface area contributed by atoms with E-state index in [0.29, 0.717) is 32.1 Å². The van der Waals surface area contributed by atoms with Crippen LogP contribution in [0.25, 0.3) is 0 Å². The fourth-order valence-electron chi connectivity index (χ4n) is 10.1. The number of rotatable bonds is 14. The molecule has 0 bridgehead atoms. The maximum absolute atomic E-state index is 17.2. The molecule has 0 radical (unpaired) electrons. The van der Waals surface area contributed by atoms with Gasteiger partial charge < -0.3 is 9.80 Å². The molecule has 346 valence electrons. The summed E-state index contributed by atoms with van der Waals surface area (Å²) in [6.07, 6.45) is 0. The molecule has 0 amide bonds. The summed E-state index contributed by atoms with van der Waals surface area (Å²) in [5.41, 5.74) is 18.6. The third kappa shape index (κ3) is 9.16. The van der Waals surface area contributed by atoms with Crippen LogP contribution in [0.5, 0.6) is 0 Å². The molecule has 0 N–H and O–H groups in total. The van der Waals surface area contributed by atoms with E-state index < -0.39 is 7.67 Å². The van der Waals surface area contributed by atoms with Crippen molar-refractivity contribution in [2.75, 3.05) is 32.2 Å². The van der Waals surface area contributed by atoms with Gasteiger partial charge in [-0.05, 0) is 111 Å². The zero-order chi connectivity index (χ0) is 47.1. The van der Waals surface area contributed by atoms with E-state index in [-0.39, 0.29) is 35.8 Å². The molecule has 2 atom stereocenters. The number of nitrogens with zero attached hydrogens (tertiary/aromatic N) is 4. The predicted molar refractivity (Wildman–Crippen MR) is 281 cm³/mol. The summed E-state index contributed by atoms with van der Waals surface area (Å²) in [5.74, 6) is 3.10. The van der Waals surface area contributed by atoms with Crippen LogP contribution < -0.4 is 19.1 Å². The first-order valence-corrected chi connectivity index (χ1v) is 26.8. The van der Waals surface area contributed by atoms with Gasteiger partial charge in [-0.2, -0.15) is 0 Å². The van der Waals surface area contributed by atoms with Crippen molar-refractivity contribution in [1.82, 2.24) is 0 Å². The highest BCUT2D eigenvalue weighted by atomic mass is 31.2. The monoisotopic (exact) mass is 903 g/mol. The van der Waals surface area contributed by atoms with E-state index in [4.69, 9.17) is 4.31 Å². The molecule has 4 aromatic rings. The van der Waals surface area contributed by atoms with Crippen molar-refractivity contribution in [3.05, 3.63) is 123 Å². The van der Waals surface area contributed by atoms with Crippen LogP contribution in [0.4, 0.5) is 22.7 Å². The van der Waals surface area contributed by atoms with Gasteiger partial charge in [0.15, 0.2) is 5.82 Å². The lowest BCUT2D eigenvalue weighted by Crippen LogP contribution is -2.34. The van der Waals surface area contributed by atoms with Crippen molar-refractivity contribution in [3.8, 4) is 0 Å². The van der Waals surface area contributed by atoms with Crippen molar-refractivity contribution in [2.45, 2.75) is 184 Å². The Labute approximate surface area is 390 Å². The van der Waals surface area contributed by atoms with Gasteiger partial charge in [0.25, 0.3) is 0 Å². The quantitative estimate of drug-likeness (QED) is 0.117. The van der Waals surface area contributed by atoms with Gasteiger partial charge in [-0.15, -0.1) is 0 Å². The number of hydrogen-bond acceptors (Lipinski definition) is 4. The van der Waals surface area contributed by atoms with Crippen molar-refractivity contribution >= 4 is 44.3 Å². The van der Waals surface area contributed by atoms with Gasteiger partial charge in [0, 0.05) is 24.5 Å². The first-order chi connectivity index (χ1) is 30.1. The van der Waals surface area contributed by atoms with Crippen molar-refractivity contribution in [1.29, 1.82) is 0 Å². The molecule has 2 heterocycles. The number of para-hydroxylation sites is 4. The molecule has 2 aliphatic heterocycles. The fourth-order valence-corrected chi connectivity index (χ4v) is 14.2. The molecule has 8 heteroatoms. The first-order valence-electron chi connectivity index (χ1n) is 24.4. The molecule has 0 saturated carbocycles. The van der Waals surface area contributed by atoms with Gasteiger partial charge >= 0.3 is 7.67 Å². The van der Waals surface area contributed by atoms with E-state index in [1.54, 1.807) is 0 Å². The molecular weight excluding hydrogens is 823 g/mol. The Morgan fingerprint density at radius 3 is 0.922 bits per heavy atom. The summed E-state index contributed by atoms with van der Waals surface area (Å²) in [4.78, 5) is 5.01. The minimum absolute atomic E-state index is 0.121. The Hall–Kier alpha value is -3.78. The maximum atomic E-state index is 17.2. The summed E-state index contributed by atoms with van der Waals surface area (Å²) in [7, 11) is -3.50. The third-order valence-electron chi connectivity index (χ3n) is 13.7. The lowest BCUT2D eigenvalue weighted by Gasteiger charge is -2.37. The molecule has 6 nitrogen and oxygen atoms in total. The van der Waals surface area contributed by atoms with Crippen LogP contribution in [-0.4, -0.2) is 30.6 Å². The maximum Gasteiger partial charge on any atom is 0.406 e. The SMILES string of the molecule is CC(C)c1cccc(C(C)C)c1N1CCN(c2c(C(C)C)cccc2C(C)C)C1=C=POP1(=O)N(c2c(C(C)C)cccc2C(C)C)C(C)C(C)N1c1c(C(C)C)cccc1C(C)C. The van der Waals surface area contributed by atoms with Gasteiger partial charge in [0.05, 0.1) is 23.5 Å². The Balaban J connectivity index is 1.71. The summed E-state index contributed by atoms with van der Waals surface area (Å²) in [5, 5.41) is 0. The lowest BCUT2D eigenvalue weighted by molar-refractivity contribution is 0.508. The molecule has 2 aliphatic rings. The van der Waals surface area contributed by atoms with Gasteiger partial charge in [0.1, 0.15) is 8.43 Å². The normalized spacial score (nSPS) is 19.6. The molecule has 6 rings (SSSR count).